The lowest BCUT2D eigenvalue weighted by Crippen LogP contribution is -1.94. The molecule has 2 rings (SSSR count). The molecule has 0 atom stereocenters. The molecule has 2 nitrogen and oxygen atoms in total. The molecule has 0 aliphatic heterocycles. The maximum Gasteiger partial charge on any atom is 0.132 e. The standard InChI is InChI=1S/C13H14N2/c1-2-15-11-10-14-13(15)9-8-12-6-4-3-5-7-12/h3-11H,2H2,1H3/b9-8+. The lowest BCUT2D eigenvalue weighted by Gasteiger charge is -1.98. The molecule has 1 aromatic heterocycles. The molecule has 15 heavy (non-hydrogen) atoms. The van der Waals surface area contributed by atoms with E-state index in [-0.39, 0.29) is 0 Å². The Balaban J connectivity index is 2.19. The van der Waals surface area contributed by atoms with Gasteiger partial charge in [0.25, 0.3) is 0 Å². The highest BCUT2D eigenvalue weighted by Crippen LogP contribution is 2.06. The van der Waals surface area contributed by atoms with E-state index in [1.807, 2.05) is 36.7 Å². The number of nitrogens with zero attached hydrogens (tertiary/aromatic N) is 2. The molecule has 1 heterocycles. The van der Waals surface area contributed by atoms with E-state index < -0.39 is 0 Å². The zero-order chi connectivity index (χ0) is 10.5. The molecule has 76 valence electrons. The smallest absolute Gasteiger partial charge is 0.132 e. The molecule has 2 aromatic rings. The Hall–Kier alpha value is -1.83. The zero-order valence-electron chi connectivity index (χ0n) is 8.80. The third kappa shape index (κ3) is 2.34. The average molecular weight is 198 g/mol. The van der Waals surface area contributed by atoms with E-state index >= 15 is 0 Å². The van der Waals surface area contributed by atoms with Crippen molar-refractivity contribution in [3.63, 3.8) is 0 Å². The summed E-state index contributed by atoms with van der Waals surface area (Å²) in [6, 6.07) is 10.2. The Morgan fingerprint density at radius 3 is 2.73 bits per heavy atom. The van der Waals surface area contributed by atoms with E-state index in [0.717, 1.165) is 12.4 Å². The summed E-state index contributed by atoms with van der Waals surface area (Å²) in [5.74, 6) is 1.00. The Kier molecular flexibility index (Phi) is 2.98. The van der Waals surface area contributed by atoms with Gasteiger partial charge in [-0.1, -0.05) is 36.4 Å². The molecule has 0 aliphatic rings. The Morgan fingerprint density at radius 2 is 2.00 bits per heavy atom. The molecule has 0 fully saturated rings. The first-order valence-electron chi connectivity index (χ1n) is 5.14. The molecule has 0 radical (unpaired) electrons. The van der Waals surface area contributed by atoms with Crippen molar-refractivity contribution in [2.45, 2.75) is 13.5 Å². The van der Waals surface area contributed by atoms with Gasteiger partial charge in [-0.15, -0.1) is 0 Å². The minimum Gasteiger partial charge on any atom is -0.332 e. The molecule has 0 unspecified atom stereocenters. The van der Waals surface area contributed by atoms with E-state index in [4.69, 9.17) is 0 Å². The Bertz CT molecular complexity index is 441. The van der Waals surface area contributed by atoms with Crippen LogP contribution < -0.4 is 0 Å². The summed E-state index contributed by atoms with van der Waals surface area (Å²) in [5, 5.41) is 0. The predicted octanol–water partition coefficient (Wildman–Crippen LogP) is 3.07. The van der Waals surface area contributed by atoms with Crippen LogP contribution in [-0.2, 0) is 6.54 Å². The van der Waals surface area contributed by atoms with Crippen molar-refractivity contribution < 1.29 is 0 Å². The second-order valence-electron chi connectivity index (χ2n) is 3.32. The van der Waals surface area contributed by atoms with Gasteiger partial charge in [-0.3, -0.25) is 0 Å². The van der Waals surface area contributed by atoms with Crippen LogP contribution in [0.3, 0.4) is 0 Å². The summed E-state index contributed by atoms with van der Waals surface area (Å²) in [7, 11) is 0. The second kappa shape index (κ2) is 4.60. The molecule has 0 N–H and O–H groups in total. The van der Waals surface area contributed by atoms with Crippen LogP contribution in [0.4, 0.5) is 0 Å². The maximum atomic E-state index is 4.28. The highest BCUT2D eigenvalue weighted by Gasteiger charge is 1.94. The van der Waals surface area contributed by atoms with Gasteiger partial charge in [-0.25, -0.2) is 4.98 Å². The molecule has 0 aliphatic carbocycles. The molecular weight excluding hydrogens is 184 g/mol. The lowest BCUT2D eigenvalue weighted by molar-refractivity contribution is 0.753. The van der Waals surface area contributed by atoms with E-state index in [1.165, 1.54) is 5.56 Å². The van der Waals surface area contributed by atoms with Crippen LogP contribution in [0.5, 0.6) is 0 Å². The predicted molar refractivity (Wildman–Crippen MR) is 63.3 cm³/mol. The van der Waals surface area contributed by atoms with Gasteiger partial charge in [0.05, 0.1) is 0 Å². The molecular formula is C13H14N2. The zero-order valence-corrected chi connectivity index (χ0v) is 8.80. The molecule has 0 spiro atoms. The monoisotopic (exact) mass is 198 g/mol. The fourth-order valence-electron chi connectivity index (χ4n) is 1.48. The van der Waals surface area contributed by atoms with Gasteiger partial charge in [-0.2, -0.15) is 0 Å². The van der Waals surface area contributed by atoms with Crippen LogP contribution in [0.25, 0.3) is 12.2 Å². The Morgan fingerprint density at radius 1 is 1.20 bits per heavy atom. The van der Waals surface area contributed by atoms with Crippen LogP contribution in [0.1, 0.15) is 18.3 Å². The second-order valence-corrected chi connectivity index (χ2v) is 3.32. The largest absolute Gasteiger partial charge is 0.332 e. The van der Waals surface area contributed by atoms with Gasteiger partial charge in [0.15, 0.2) is 0 Å². The number of aryl methyl sites for hydroxylation is 1. The van der Waals surface area contributed by atoms with Gasteiger partial charge in [0.2, 0.25) is 0 Å². The van der Waals surface area contributed by atoms with Crippen LogP contribution in [0.2, 0.25) is 0 Å². The first-order valence-corrected chi connectivity index (χ1v) is 5.14. The third-order valence-corrected chi connectivity index (χ3v) is 2.31. The van der Waals surface area contributed by atoms with Crippen molar-refractivity contribution in [1.82, 2.24) is 9.55 Å². The molecule has 0 saturated heterocycles. The number of aromatic nitrogens is 2. The summed E-state index contributed by atoms with van der Waals surface area (Å²) >= 11 is 0. The third-order valence-electron chi connectivity index (χ3n) is 2.31. The average Bonchev–Trinajstić information content (AvgIpc) is 2.75. The van der Waals surface area contributed by atoms with Crippen molar-refractivity contribution in [3.8, 4) is 0 Å². The first-order chi connectivity index (χ1) is 7.40. The molecule has 0 bridgehead atoms. The normalized spacial score (nSPS) is 11.0. The summed E-state index contributed by atoms with van der Waals surface area (Å²) in [6.45, 7) is 3.07. The number of hydrogen-bond donors (Lipinski definition) is 0. The van der Waals surface area contributed by atoms with E-state index in [9.17, 15) is 0 Å². The highest BCUT2D eigenvalue weighted by atomic mass is 15.0. The van der Waals surface area contributed by atoms with Crippen LogP contribution >= 0.6 is 0 Å². The lowest BCUT2D eigenvalue weighted by atomic mass is 10.2. The van der Waals surface area contributed by atoms with Gasteiger partial charge in [0, 0.05) is 18.9 Å². The van der Waals surface area contributed by atoms with E-state index in [1.54, 1.807) is 0 Å². The van der Waals surface area contributed by atoms with Crippen LogP contribution in [0.15, 0.2) is 42.7 Å². The van der Waals surface area contributed by atoms with Crippen LogP contribution in [-0.4, -0.2) is 9.55 Å². The van der Waals surface area contributed by atoms with Crippen molar-refractivity contribution in [2.75, 3.05) is 0 Å². The minimum atomic E-state index is 0.953. The van der Waals surface area contributed by atoms with Crippen molar-refractivity contribution in [3.05, 3.63) is 54.1 Å². The first kappa shape index (κ1) is 9.71. The summed E-state index contributed by atoms with van der Waals surface area (Å²) < 4.78 is 2.11. The fourth-order valence-corrected chi connectivity index (χ4v) is 1.48. The molecule has 0 amide bonds. The quantitative estimate of drug-likeness (QED) is 0.741. The van der Waals surface area contributed by atoms with Crippen molar-refractivity contribution >= 4 is 12.2 Å². The van der Waals surface area contributed by atoms with Gasteiger partial charge in [-0.05, 0) is 18.6 Å². The van der Waals surface area contributed by atoms with E-state index in [0.29, 0.717) is 0 Å². The number of rotatable bonds is 3. The number of imidazole rings is 1. The summed E-state index contributed by atoms with van der Waals surface area (Å²) in [4.78, 5) is 4.28. The Labute approximate surface area is 89.9 Å². The summed E-state index contributed by atoms with van der Waals surface area (Å²) in [5.41, 5.74) is 1.20. The van der Waals surface area contributed by atoms with Crippen molar-refractivity contribution in [2.24, 2.45) is 0 Å². The molecule has 0 saturated carbocycles. The van der Waals surface area contributed by atoms with Crippen LogP contribution in [0, 0.1) is 0 Å². The highest BCUT2D eigenvalue weighted by molar-refractivity contribution is 5.66. The SMILES string of the molecule is CCn1ccnc1/C=C/c1ccccc1. The molecule has 1 aromatic carbocycles. The number of benzene rings is 1. The topological polar surface area (TPSA) is 17.8 Å². The van der Waals surface area contributed by atoms with Gasteiger partial charge >= 0.3 is 0 Å². The summed E-state index contributed by atoms with van der Waals surface area (Å²) in [6.07, 6.45) is 7.94. The molecule has 2 heteroatoms. The minimum absolute atomic E-state index is 0.953. The van der Waals surface area contributed by atoms with E-state index in [2.05, 4.69) is 34.7 Å². The van der Waals surface area contributed by atoms with Gasteiger partial charge < -0.3 is 4.57 Å². The maximum absolute atomic E-state index is 4.28. The van der Waals surface area contributed by atoms with Crippen molar-refractivity contribution in [1.29, 1.82) is 0 Å². The van der Waals surface area contributed by atoms with Gasteiger partial charge in [0.1, 0.15) is 5.82 Å². The number of hydrogen-bond acceptors (Lipinski definition) is 1. The fraction of sp³-hybridized carbons (Fsp3) is 0.154.